The van der Waals surface area contributed by atoms with Crippen molar-refractivity contribution in [1.82, 2.24) is 25.0 Å². The van der Waals surface area contributed by atoms with E-state index in [0.717, 1.165) is 25.1 Å². The molecular formula is C26H36F2N5O6P. The van der Waals surface area contributed by atoms with Gasteiger partial charge in [0.15, 0.2) is 0 Å². The highest BCUT2D eigenvalue weighted by atomic mass is 31.2. The fourth-order valence-electron chi connectivity index (χ4n) is 5.62. The van der Waals surface area contributed by atoms with Crippen LogP contribution in [0.4, 0.5) is 8.78 Å². The standard InChI is InChI=1S/C26H36F2N5O6P/c1-15(2)13-32-10-9-18-6-8-22(25(36)31(3)4)33(18)24(35)21(14-32)30-23(34)20-12-16-11-17(5-7-19(16)29-20)26(27,28)40(37,38)39/h5,7,11-12,15,18,21-22,29H,6,8-10,13-14H2,1-4H3,(H,30,34)(H2,37,38,39)/t18-,21+,22+/m1/s1. The SMILES string of the molecule is CC(C)CN1CC[C@H]2CC[C@@H](C(=O)N(C)C)N2C(=O)[C@@H](NC(=O)c2cc3cc(C(F)(F)P(=O)(O)O)ccc3[nH]2)C1. The second-order valence-corrected chi connectivity index (χ2v) is 12.9. The fraction of sp³-hybridized carbons (Fsp3) is 0.577. The molecule has 40 heavy (non-hydrogen) atoms. The van der Waals surface area contributed by atoms with Crippen molar-refractivity contribution in [2.45, 2.75) is 56.9 Å². The van der Waals surface area contributed by atoms with Gasteiger partial charge in [-0.1, -0.05) is 19.9 Å². The number of likely N-dealkylation sites (N-methyl/N-ethyl adjacent to an activating group) is 1. The Hall–Kier alpha value is -2.86. The molecule has 2 fully saturated rings. The molecule has 3 atom stereocenters. The maximum absolute atomic E-state index is 14.2. The molecule has 0 spiro atoms. The van der Waals surface area contributed by atoms with Crippen LogP contribution in [0.2, 0.25) is 0 Å². The fourth-order valence-corrected chi connectivity index (χ4v) is 6.09. The van der Waals surface area contributed by atoms with E-state index in [1.807, 2.05) is 0 Å². The summed E-state index contributed by atoms with van der Waals surface area (Å²) in [6, 6.07) is 2.62. The molecule has 4 rings (SSSR count). The molecule has 1 aromatic carbocycles. The van der Waals surface area contributed by atoms with Gasteiger partial charge in [0.1, 0.15) is 17.8 Å². The molecule has 0 saturated carbocycles. The molecule has 11 nitrogen and oxygen atoms in total. The molecule has 4 N–H and O–H groups in total. The van der Waals surface area contributed by atoms with Gasteiger partial charge in [0.2, 0.25) is 11.8 Å². The average molecular weight is 584 g/mol. The molecule has 0 aliphatic carbocycles. The lowest BCUT2D eigenvalue weighted by Crippen LogP contribution is -2.60. The number of carbonyl (C=O) groups is 3. The molecule has 0 radical (unpaired) electrons. The van der Waals surface area contributed by atoms with Gasteiger partial charge >= 0.3 is 13.3 Å². The Labute approximate surface area is 231 Å². The van der Waals surface area contributed by atoms with Gasteiger partial charge in [0.05, 0.1) is 0 Å². The van der Waals surface area contributed by atoms with Gasteiger partial charge in [0, 0.05) is 56.2 Å². The molecular weight excluding hydrogens is 547 g/mol. The number of halogens is 2. The number of hydrogen-bond acceptors (Lipinski definition) is 5. The number of amides is 3. The van der Waals surface area contributed by atoms with E-state index in [0.29, 0.717) is 30.8 Å². The molecule has 0 bridgehead atoms. The third kappa shape index (κ3) is 5.93. The Bertz CT molecular complexity index is 1340. The van der Waals surface area contributed by atoms with Crippen LogP contribution in [-0.4, -0.2) is 99.0 Å². The van der Waals surface area contributed by atoms with E-state index >= 15 is 0 Å². The third-order valence-electron chi connectivity index (χ3n) is 7.51. The smallest absolute Gasteiger partial charge is 0.351 e. The van der Waals surface area contributed by atoms with E-state index in [4.69, 9.17) is 9.79 Å². The van der Waals surface area contributed by atoms with Crippen molar-refractivity contribution >= 4 is 36.2 Å². The molecule has 2 aliphatic heterocycles. The highest BCUT2D eigenvalue weighted by Crippen LogP contribution is 2.59. The summed E-state index contributed by atoms with van der Waals surface area (Å²) in [5, 5.41) is 2.94. The topological polar surface area (TPSA) is 146 Å². The molecule has 2 saturated heterocycles. The summed E-state index contributed by atoms with van der Waals surface area (Å²) in [6.45, 7) is 5.79. The molecule has 2 aliphatic rings. The molecule has 220 valence electrons. The number of nitrogens with zero attached hydrogens (tertiary/aromatic N) is 3. The number of benzene rings is 1. The number of aromatic amines is 1. The number of aromatic nitrogens is 1. The van der Waals surface area contributed by atoms with Gasteiger partial charge in [-0.15, -0.1) is 0 Å². The number of carbonyl (C=O) groups excluding carboxylic acids is 3. The van der Waals surface area contributed by atoms with E-state index in [-0.39, 0.29) is 35.5 Å². The summed E-state index contributed by atoms with van der Waals surface area (Å²) in [4.78, 5) is 66.3. The molecule has 3 amide bonds. The van der Waals surface area contributed by atoms with E-state index in [1.54, 1.807) is 19.0 Å². The van der Waals surface area contributed by atoms with Crippen LogP contribution in [0, 0.1) is 5.92 Å². The minimum atomic E-state index is -5.76. The van der Waals surface area contributed by atoms with E-state index < -0.39 is 36.8 Å². The number of fused-ring (bicyclic) bond motifs is 2. The van der Waals surface area contributed by atoms with Gasteiger partial charge in [-0.2, -0.15) is 8.78 Å². The van der Waals surface area contributed by atoms with Crippen LogP contribution in [0.15, 0.2) is 24.3 Å². The summed E-state index contributed by atoms with van der Waals surface area (Å²) in [5.41, 5.74) is -4.97. The Kier molecular flexibility index (Phi) is 8.43. The second kappa shape index (κ2) is 11.2. The number of nitrogens with one attached hydrogen (secondary N) is 2. The minimum absolute atomic E-state index is 0.00388. The van der Waals surface area contributed by atoms with Crippen LogP contribution in [0.25, 0.3) is 10.9 Å². The lowest BCUT2D eigenvalue weighted by molar-refractivity contribution is -0.146. The number of H-pyrrole nitrogens is 1. The number of alkyl halides is 2. The zero-order valence-electron chi connectivity index (χ0n) is 22.9. The largest absolute Gasteiger partial charge is 0.399 e. The van der Waals surface area contributed by atoms with Crippen LogP contribution < -0.4 is 5.32 Å². The van der Waals surface area contributed by atoms with Gasteiger partial charge in [0.25, 0.3) is 5.91 Å². The first kappa shape index (κ1) is 30.1. The highest BCUT2D eigenvalue weighted by Gasteiger charge is 2.50. The average Bonchev–Trinajstić information content (AvgIpc) is 3.47. The third-order valence-corrected chi connectivity index (χ3v) is 8.50. The van der Waals surface area contributed by atoms with Crippen LogP contribution >= 0.6 is 7.60 Å². The van der Waals surface area contributed by atoms with E-state index in [1.165, 1.54) is 17.0 Å². The van der Waals surface area contributed by atoms with Crippen LogP contribution in [-0.2, 0) is 19.8 Å². The van der Waals surface area contributed by atoms with Crippen LogP contribution in [0.5, 0.6) is 0 Å². The summed E-state index contributed by atoms with van der Waals surface area (Å²) in [5.74, 6) is -0.833. The summed E-state index contributed by atoms with van der Waals surface area (Å²) < 4.78 is 39.7. The number of rotatable bonds is 7. The van der Waals surface area contributed by atoms with E-state index in [9.17, 15) is 27.7 Å². The Morgan fingerprint density at radius 3 is 2.52 bits per heavy atom. The first-order chi connectivity index (χ1) is 18.6. The molecule has 14 heteroatoms. The first-order valence-corrected chi connectivity index (χ1v) is 14.8. The van der Waals surface area contributed by atoms with Crippen molar-refractivity contribution in [2.75, 3.05) is 33.7 Å². The minimum Gasteiger partial charge on any atom is -0.351 e. The monoisotopic (exact) mass is 583 g/mol. The van der Waals surface area contributed by atoms with Crippen molar-refractivity contribution in [2.24, 2.45) is 5.92 Å². The van der Waals surface area contributed by atoms with E-state index in [2.05, 4.69) is 29.0 Å². The quantitative estimate of drug-likeness (QED) is 0.366. The predicted octanol–water partition coefficient (Wildman–Crippen LogP) is 2.30. The molecule has 1 aromatic heterocycles. The molecule has 2 aromatic rings. The lowest BCUT2D eigenvalue weighted by Gasteiger charge is -2.39. The van der Waals surface area contributed by atoms with Crippen molar-refractivity contribution in [1.29, 1.82) is 0 Å². The zero-order valence-corrected chi connectivity index (χ0v) is 23.8. The van der Waals surface area contributed by atoms with Crippen LogP contribution in [0.3, 0.4) is 0 Å². The van der Waals surface area contributed by atoms with Crippen molar-refractivity contribution in [3.8, 4) is 0 Å². The summed E-state index contributed by atoms with van der Waals surface area (Å²) in [7, 11) is -2.47. The van der Waals surface area contributed by atoms with Crippen molar-refractivity contribution in [3.05, 3.63) is 35.5 Å². The second-order valence-electron chi connectivity index (χ2n) is 11.3. The lowest BCUT2D eigenvalue weighted by atomic mass is 10.1. The number of hydrogen-bond donors (Lipinski definition) is 4. The predicted molar refractivity (Wildman–Crippen MR) is 144 cm³/mol. The maximum Gasteiger partial charge on any atom is 0.399 e. The highest BCUT2D eigenvalue weighted by molar-refractivity contribution is 7.52. The Morgan fingerprint density at radius 2 is 1.90 bits per heavy atom. The van der Waals surface area contributed by atoms with Gasteiger partial charge in [-0.3, -0.25) is 18.9 Å². The van der Waals surface area contributed by atoms with Crippen molar-refractivity contribution in [3.63, 3.8) is 0 Å². The van der Waals surface area contributed by atoms with Crippen molar-refractivity contribution < 1.29 is 37.5 Å². The normalized spacial score (nSPS) is 22.8. The summed E-state index contributed by atoms with van der Waals surface area (Å²) in [6.07, 6.45) is 1.96. The van der Waals surface area contributed by atoms with Gasteiger partial charge < -0.3 is 34.8 Å². The molecule has 0 unspecified atom stereocenters. The maximum atomic E-state index is 14.2. The first-order valence-electron chi connectivity index (χ1n) is 13.2. The molecule has 3 heterocycles. The van der Waals surface area contributed by atoms with Crippen LogP contribution in [0.1, 0.15) is 49.2 Å². The summed E-state index contributed by atoms with van der Waals surface area (Å²) >= 11 is 0. The van der Waals surface area contributed by atoms with Gasteiger partial charge in [-0.25, -0.2) is 0 Å². The Balaban J connectivity index is 1.62. The zero-order chi connectivity index (χ0) is 29.6. The Morgan fingerprint density at radius 1 is 1.20 bits per heavy atom. The van der Waals surface area contributed by atoms with Gasteiger partial charge in [-0.05, 0) is 43.4 Å².